The van der Waals surface area contributed by atoms with Crippen molar-refractivity contribution in [1.82, 2.24) is 20.0 Å². The zero-order valence-electron chi connectivity index (χ0n) is 20.0. The topological polar surface area (TPSA) is 132 Å². The quantitative estimate of drug-likeness (QED) is 0.182. The first-order valence-corrected chi connectivity index (χ1v) is 12.1. The molecule has 2 saturated carbocycles. The summed E-state index contributed by atoms with van der Waals surface area (Å²) in [5, 5.41) is 19.1. The smallest absolute Gasteiger partial charge is 0.489 e. The summed E-state index contributed by atoms with van der Waals surface area (Å²) in [4.78, 5) is 27.3. The molecule has 188 valence electrons. The molecule has 0 bridgehead atoms. The van der Waals surface area contributed by atoms with Crippen LogP contribution in [0.2, 0.25) is 0 Å². The van der Waals surface area contributed by atoms with Crippen LogP contribution in [0.3, 0.4) is 0 Å². The molecule has 0 atom stereocenters. The van der Waals surface area contributed by atoms with E-state index in [-0.39, 0.29) is 24.1 Å². The van der Waals surface area contributed by atoms with Crippen molar-refractivity contribution in [1.29, 1.82) is 0 Å². The molecule has 3 aromatic rings. The molecule has 36 heavy (non-hydrogen) atoms. The molecule has 0 amide bonds. The number of non-ortho nitro benzene ring substituents is 1. The average molecular weight is 494 g/mol. The highest BCUT2D eigenvalue weighted by Gasteiger charge is 2.31. The first kappa shape index (κ1) is 23.7. The molecule has 0 saturated heterocycles. The van der Waals surface area contributed by atoms with E-state index in [2.05, 4.69) is 10.3 Å². The Hall–Kier alpha value is -4.02. The molecule has 0 spiro atoms. The molecule has 2 aliphatic rings. The highest BCUT2D eigenvalue weighted by molar-refractivity contribution is 5.65. The van der Waals surface area contributed by atoms with Crippen LogP contribution >= 0.6 is 0 Å². The van der Waals surface area contributed by atoms with Crippen LogP contribution in [-0.2, 0) is 18.4 Å². The number of rotatable bonds is 8. The average Bonchev–Trinajstić information content (AvgIpc) is 3.66. The van der Waals surface area contributed by atoms with Crippen molar-refractivity contribution >= 4 is 11.8 Å². The number of ether oxygens (including phenoxy) is 3. The fourth-order valence-corrected chi connectivity index (χ4v) is 4.33. The number of aryl methyl sites for hydroxylation is 1. The van der Waals surface area contributed by atoms with Crippen LogP contribution in [-0.4, -0.2) is 37.2 Å². The minimum Gasteiger partial charge on any atom is -0.489 e. The van der Waals surface area contributed by atoms with E-state index >= 15 is 0 Å². The molecule has 1 aromatic carbocycles. The van der Waals surface area contributed by atoms with Crippen LogP contribution < -0.4 is 9.47 Å². The number of pyridine rings is 1. The van der Waals surface area contributed by atoms with E-state index in [4.69, 9.17) is 19.2 Å². The second-order valence-corrected chi connectivity index (χ2v) is 9.13. The molecule has 2 aliphatic carbocycles. The Bertz CT molecular complexity index is 1250. The van der Waals surface area contributed by atoms with E-state index in [0.717, 1.165) is 37.1 Å². The van der Waals surface area contributed by atoms with Gasteiger partial charge in [-0.25, -0.2) is 14.5 Å². The minimum absolute atomic E-state index is 0.102. The summed E-state index contributed by atoms with van der Waals surface area (Å²) in [6.45, 7) is -0.134. The van der Waals surface area contributed by atoms with Crippen molar-refractivity contribution in [2.75, 3.05) is 0 Å². The van der Waals surface area contributed by atoms with Gasteiger partial charge < -0.3 is 14.2 Å². The van der Waals surface area contributed by atoms with Gasteiger partial charge in [-0.05, 0) is 62.8 Å². The van der Waals surface area contributed by atoms with Gasteiger partial charge in [-0.2, -0.15) is 0 Å². The Kier molecular flexibility index (Phi) is 6.79. The van der Waals surface area contributed by atoms with Crippen LogP contribution in [0.4, 0.5) is 10.5 Å². The molecule has 2 fully saturated rings. The van der Waals surface area contributed by atoms with Gasteiger partial charge in [-0.1, -0.05) is 11.6 Å². The number of hydrogen-bond acceptors (Lipinski definition) is 9. The van der Waals surface area contributed by atoms with E-state index in [1.165, 1.54) is 48.2 Å². The number of nitro benzene ring substituents is 1. The van der Waals surface area contributed by atoms with Crippen molar-refractivity contribution in [2.45, 2.75) is 63.6 Å². The summed E-state index contributed by atoms with van der Waals surface area (Å²) in [6, 6.07) is 8.99. The Balaban J connectivity index is 1.28. The van der Waals surface area contributed by atoms with E-state index in [0.29, 0.717) is 23.0 Å². The van der Waals surface area contributed by atoms with Crippen LogP contribution in [0.5, 0.6) is 11.5 Å². The predicted molar refractivity (Wildman–Crippen MR) is 128 cm³/mol. The molecule has 2 heterocycles. The third-order valence-electron chi connectivity index (χ3n) is 6.46. The van der Waals surface area contributed by atoms with Gasteiger partial charge in [0.1, 0.15) is 29.5 Å². The van der Waals surface area contributed by atoms with Crippen LogP contribution in [0.15, 0.2) is 36.4 Å². The van der Waals surface area contributed by atoms with Gasteiger partial charge in [0, 0.05) is 25.1 Å². The summed E-state index contributed by atoms with van der Waals surface area (Å²) >= 11 is 0. The molecule has 2 aromatic heterocycles. The number of hydrogen-bond donors (Lipinski definition) is 0. The van der Waals surface area contributed by atoms with E-state index in [9.17, 15) is 14.9 Å². The summed E-state index contributed by atoms with van der Waals surface area (Å²) in [7, 11) is 1.71. The standard InChI is InChI=1S/C25H27N5O6/c1-29-21(15-34-25(31)36-19-11-9-17(10-12-19)30(32)33)24(27-28-29)20-13-14-22(23(26-20)16-7-8-16)35-18-5-3-2-4-6-18/h9-14,16,18H,2-8,15H2,1H3. The first-order chi connectivity index (χ1) is 17.5. The molecule has 5 rings (SSSR count). The maximum atomic E-state index is 12.2. The molecule has 0 aliphatic heterocycles. The largest absolute Gasteiger partial charge is 0.514 e. The van der Waals surface area contributed by atoms with E-state index < -0.39 is 11.1 Å². The maximum Gasteiger partial charge on any atom is 0.514 e. The lowest BCUT2D eigenvalue weighted by Gasteiger charge is -2.24. The predicted octanol–water partition coefficient (Wildman–Crippen LogP) is 5.09. The molecule has 11 nitrogen and oxygen atoms in total. The summed E-state index contributed by atoms with van der Waals surface area (Å²) in [5.74, 6) is 1.37. The Morgan fingerprint density at radius 3 is 2.53 bits per heavy atom. The van der Waals surface area contributed by atoms with E-state index in [1.807, 2.05) is 12.1 Å². The van der Waals surface area contributed by atoms with Gasteiger partial charge in [0.25, 0.3) is 5.69 Å². The summed E-state index contributed by atoms with van der Waals surface area (Å²) < 4.78 is 18.3. The lowest BCUT2D eigenvalue weighted by atomic mass is 9.98. The molecule has 11 heteroatoms. The normalized spacial score (nSPS) is 15.9. The zero-order valence-corrected chi connectivity index (χ0v) is 20.0. The highest BCUT2D eigenvalue weighted by atomic mass is 16.7. The van der Waals surface area contributed by atoms with Crippen molar-refractivity contribution in [3.63, 3.8) is 0 Å². The second kappa shape index (κ2) is 10.3. The fraction of sp³-hybridized carbons (Fsp3) is 0.440. The van der Waals surface area contributed by atoms with Crippen LogP contribution in [0, 0.1) is 10.1 Å². The third-order valence-corrected chi connectivity index (χ3v) is 6.46. The number of nitro groups is 1. The maximum absolute atomic E-state index is 12.2. The zero-order chi connectivity index (χ0) is 25.1. The van der Waals surface area contributed by atoms with Gasteiger partial charge >= 0.3 is 6.16 Å². The van der Waals surface area contributed by atoms with Crippen molar-refractivity contribution in [3.8, 4) is 22.9 Å². The summed E-state index contributed by atoms with van der Waals surface area (Å²) in [6.07, 6.45) is 7.29. The van der Waals surface area contributed by atoms with Gasteiger partial charge in [-0.3, -0.25) is 10.1 Å². The Labute approximate surface area is 207 Å². The van der Waals surface area contributed by atoms with Gasteiger partial charge in [0.05, 0.1) is 22.4 Å². The summed E-state index contributed by atoms with van der Waals surface area (Å²) in [5.41, 5.74) is 2.57. The monoisotopic (exact) mass is 493 g/mol. The van der Waals surface area contributed by atoms with Gasteiger partial charge in [0.2, 0.25) is 0 Å². The molecular weight excluding hydrogens is 466 g/mol. The van der Waals surface area contributed by atoms with Gasteiger partial charge in [-0.15, -0.1) is 5.10 Å². The minimum atomic E-state index is -0.945. The van der Waals surface area contributed by atoms with E-state index in [1.54, 1.807) is 7.05 Å². The number of carbonyl (C=O) groups excluding carboxylic acids is 1. The van der Waals surface area contributed by atoms with Gasteiger partial charge in [0.15, 0.2) is 0 Å². The SMILES string of the molecule is Cn1nnc(-c2ccc(OC3CCCCC3)c(C3CC3)n2)c1COC(=O)Oc1ccc([N+](=O)[O-])cc1. The first-order valence-electron chi connectivity index (χ1n) is 12.1. The molecule has 0 N–H and O–H groups in total. The number of nitrogens with zero attached hydrogens (tertiary/aromatic N) is 5. The Morgan fingerprint density at radius 1 is 1.08 bits per heavy atom. The van der Waals surface area contributed by atoms with Crippen molar-refractivity contribution in [2.24, 2.45) is 7.05 Å². The van der Waals surface area contributed by atoms with Crippen molar-refractivity contribution in [3.05, 3.63) is 57.9 Å². The number of aromatic nitrogens is 4. The lowest BCUT2D eigenvalue weighted by Crippen LogP contribution is -2.20. The fourth-order valence-electron chi connectivity index (χ4n) is 4.33. The van der Waals surface area contributed by atoms with Crippen molar-refractivity contribution < 1.29 is 23.9 Å². The lowest BCUT2D eigenvalue weighted by molar-refractivity contribution is -0.384. The molecule has 0 radical (unpaired) electrons. The number of benzene rings is 1. The van der Waals surface area contributed by atoms with Crippen LogP contribution in [0.1, 0.15) is 62.3 Å². The third kappa shape index (κ3) is 5.45. The highest BCUT2D eigenvalue weighted by Crippen LogP contribution is 2.44. The second-order valence-electron chi connectivity index (χ2n) is 9.13. The number of carbonyl (C=O) groups is 1. The molecule has 0 unspecified atom stereocenters. The van der Waals surface area contributed by atoms with Crippen LogP contribution in [0.25, 0.3) is 11.4 Å². The molecular formula is C25H27N5O6. The Morgan fingerprint density at radius 2 is 1.83 bits per heavy atom.